The second kappa shape index (κ2) is 11.9. The van der Waals surface area contributed by atoms with Crippen molar-refractivity contribution >= 4 is 11.8 Å². The first-order chi connectivity index (χ1) is 16.1. The summed E-state index contributed by atoms with van der Waals surface area (Å²) in [5, 5.41) is 0. The molecule has 0 bridgehead atoms. The third-order valence-corrected chi connectivity index (χ3v) is 7.52. The first-order valence-electron chi connectivity index (χ1n) is 13.0. The molecular formula is C27H40N2O4. The van der Waals surface area contributed by atoms with Crippen molar-refractivity contribution in [2.75, 3.05) is 39.4 Å². The number of rotatable bonds is 8. The molecule has 2 saturated heterocycles. The molecule has 1 aromatic rings. The molecule has 1 saturated carbocycles. The van der Waals surface area contributed by atoms with E-state index < -0.39 is 5.60 Å². The van der Waals surface area contributed by atoms with Gasteiger partial charge in [-0.05, 0) is 43.7 Å². The van der Waals surface area contributed by atoms with Crippen LogP contribution in [0.1, 0.15) is 70.6 Å². The Hall–Kier alpha value is -2.08. The monoisotopic (exact) mass is 456 g/mol. The number of piperidine rings is 1. The van der Waals surface area contributed by atoms with Gasteiger partial charge in [0.1, 0.15) is 18.0 Å². The molecule has 1 atom stereocenters. The average molecular weight is 457 g/mol. The Bertz CT molecular complexity index is 759. The van der Waals surface area contributed by atoms with E-state index in [9.17, 15) is 9.59 Å². The van der Waals surface area contributed by atoms with Gasteiger partial charge in [-0.1, -0.05) is 50.3 Å². The summed E-state index contributed by atoms with van der Waals surface area (Å²) in [5.41, 5.74) is -0.802. The van der Waals surface area contributed by atoms with Crippen molar-refractivity contribution in [2.24, 2.45) is 5.92 Å². The van der Waals surface area contributed by atoms with Gasteiger partial charge in [0, 0.05) is 26.1 Å². The molecule has 6 heteroatoms. The van der Waals surface area contributed by atoms with Crippen molar-refractivity contribution in [3.8, 4) is 5.75 Å². The van der Waals surface area contributed by atoms with Gasteiger partial charge in [0.05, 0.1) is 19.6 Å². The Morgan fingerprint density at radius 1 is 0.909 bits per heavy atom. The zero-order valence-electron chi connectivity index (χ0n) is 20.0. The zero-order chi connectivity index (χ0) is 22.9. The number of ether oxygens (including phenoxy) is 2. The van der Waals surface area contributed by atoms with Crippen LogP contribution < -0.4 is 4.74 Å². The molecule has 3 aliphatic rings. The van der Waals surface area contributed by atoms with Gasteiger partial charge >= 0.3 is 0 Å². The molecule has 2 amide bonds. The van der Waals surface area contributed by atoms with Crippen LogP contribution in [0.15, 0.2) is 30.3 Å². The number of carbonyl (C=O) groups excluding carboxylic acids is 2. The highest BCUT2D eigenvalue weighted by Crippen LogP contribution is 2.29. The highest BCUT2D eigenvalue weighted by molar-refractivity contribution is 5.79. The van der Waals surface area contributed by atoms with Crippen LogP contribution in [0.25, 0.3) is 0 Å². The second-order valence-corrected chi connectivity index (χ2v) is 10.1. The van der Waals surface area contributed by atoms with Gasteiger partial charge in [-0.25, -0.2) is 0 Å². The van der Waals surface area contributed by atoms with E-state index in [0.29, 0.717) is 32.0 Å². The molecule has 1 aromatic carbocycles. The van der Waals surface area contributed by atoms with E-state index in [4.69, 9.17) is 9.47 Å². The fourth-order valence-electron chi connectivity index (χ4n) is 5.53. The van der Waals surface area contributed by atoms with Crippen molar-refractivity contribution in [2.45, 2.75) is 76.2 Å². The third kappa shape index (κ3) is 6.95. The van der Waals surface area contributed by atoms with Gasteiger partial charge in [-0.15, -0.1) is 0 Å². The first-order valence-corrected chi connectivity index (χ1v) is 13.0. The number of likely N-dealkylation sites (tertiary alicyclic amines) is 1. The number of carbonyl (C=O) groups is 2. The number of benzene rings is 1. The van der Waals surface area contributed by atoms with Crippen LogP contribution in [0.3, 0.4) is 0 Å². The minimum atomic E-state index is -0.802. The van der Waals surface area contributed by atoms with Crippen LogP contribution in [0, 0.1) is 5.92 Å². The van der Waals surface area contributed by atoms with Crippen molar-refractivity contribution in [3.05, 3.63) is 30.3 Å². The minimum Gasteiger partial charge on any atom is -0.490 e. The summed E-state index contributed by atoms with van der Waals surface area (Å²) in [7, 11) is 0. The van der Waals surface area contributed by atoms with Crippen LogP contribution >= 0.6 is 0 Å². The summed E-state index contributed by atoms with van der Waals surface area (Å²) in [5.74, 6) is 1.75. The number of hydrogen-bond acceptors (Lipinski definition) is 4. The van der Waals surface area contributed by atoms with E-state index in [1.54, 1.807) is 0 Å². The molecule has 2 heterocycles. The Morgan fingerprint density at radius 3 is 2.39 bits per heavy atom. The maximum absolute atomic E-state index is 13.2. The smallest absolute Gasteiger partial charge is 0.225 e. The minimum absolute atomic E-state index is 0.114. The molecular weight excluding hydrogens is 416 g/mol. The Morgan fingerprint density at radius 2 is 1.64 bits per heavy atom. The molecule has 0 spiro atoms. The molecule has 0 N–H and O–H groups in total. The van der Waals surface area contributed by atoms with Gasteiger partial charge in [-0.3, -0.25) is 9.59 Å². The molecule has 0 radical (unpaired) electrons. The fraction of sp³-hybridized carbons (Fsp3) is 0.704. The lowest BCUT2D eigenvalue weighted by Crippen LogP contribution is -2.58. The van der Waals surface area contributed by atoms with Crippen molar-refractivity contribution in [1.29, 1.82) is 0 Å². The molecule has 4 rings (SSSR count). The molecule has 182 valence electrons. The van der Waals surface area contributed by atoms with E-state index in [2.05, 4.69) is 0 Å². The highest BCUT2D eigenvalue weighted by atomic mass is 16.5. The zero-order valence-corrected chi connectivity index (χ0v) is 20.0. The second-order valence-electron chi connectivity index (χ2n) is 10.1. The molecule has 3 fully saturated rings. The molecule has 33 heavy (non-hydrogen) atoms. The quantitative estimate of drug-likeness (QED) is 0.581. The third-order valence-electron chi connectivity index (χ3n) is 7.52. The lowest BCUT2D eigenvalue weighted by Gasteiger charge is -2.43. The van der Waals surface area contributed by atoms with Crippen LogP contribution in [-0.2, 0) is 14.3 Å². The van der Waals surface area contributed by atoms with E-state index in [-0.39, 0.29) is 24.8 Å². The summed E-state index contributed by atoms with van der Waals surface area (Å²) < 4.78 is 12.3. The van der Waals surface area contributed by atoms with Crippen LogP contribution in [0.4, 0.5) is 0 Å². The van der Waals surface area contributed by atoms with E-state index in [1.807, 2.05) is 40.1 Å². The maximum Gasteiger partial charge on any atom is 0.225 e. The topological polar surface area (TPSA) is 59.1 Å². The normalized spacial score (nSPS) is 24.5. The summed E-state index contributed by atoms with van der Waals surface area (Å²) in [6.07, 6.45) is 11.6. The highest BCUT2D eigenvalue weighted by Gasteiger charge is 2.42. The summed E-state index contributed by atoms with van der Waals surface area (Å²) in [4.78, 5) is 30.2. The first kappa shape index (κ1) is 24.1. The lowest BCUT2D eigenvalue weighted by molar-refractivity contribution is -0.166. The van der Waals surface area contributed by atoms with E-state index in [1.165, 1.54) is 38.5 Å². The standard InChI is InChI=1S/C27H40N2O4/c30-25(15-14-23-10-4-1-5-11-23)29-18-19-33-27(21-29,22-32-24-12-6-2-7-13-24)20-26(31)28-16-8-3-9-17-28/h2,6-7,12-13,23H,1,3-5,8-11,14-22H2. The predicted molar refractivity (Wildman–Crippen MR) is 128 cm³/mol. The predicted octanol–water partition coefficient (Wildman–Crippen LogP) is 4.43. The van der Waals surface area contributed by atoms with E-state index >= 15 is 0 Å². The molecule has 2 aliphatic heterocycles. The number of morpholine rings is 1. The van der Waals surface area contributed by atoms with Gasteiger partial charge in [-0.2, -0.15) is 0 Å². The van der Waals surface area contributed by atoms with E-state index in [0.717, 1.165) is 38.1 Å². The summed E-state index contributed by atoms with van der Waals surface area (Å²) in [6, 6.07) is 9.64. The van der Waals surface area contributed by atoms with Crippen molar-refractivity contribution in [3.63, 3.8) is 0 Å². The van der Waals surface area contributed by atoms with Gasteiger partial charge in [0.2, 0.25) is 11.8 Å². The number of hydrogen-bond donors (Lipinski definition) is 0. The largest absolute Gasteiger partial charge is 0.490 e. The fourth-order valence-corrected chi connectivity index (χ4v) is 5.53. The van der Waals surface area contributed by atoms with Gasteiger partial charge in [0.15, 0.2) is 0 Å². The van der Waals surface area contributed by atoms with Crippen LogP contribution in [0.5, 0.6) is 5.75 Å². The molecule has 6 nitrogen and oxygen atoms in total. The van der Waals surface area contributed by atoms with Crippen LogP contribution in [0.2, 0.25) is 0 Å². The SMILES string of the molecule is O=C(CC1(COc2ccccc2)CN(C(=O)CCC2CCCCC2)CCO1)N1CCCCC1. The number of nitrogens with zero attached hydrogens (tertiary/aromatic N) is 2. The number of amides is 2. The van der Waals surface area contributed by atoms with Crippen molar-refractivity contribution < 1.29 is 19.1 Å². The Kier molecular flexibility index (Phi) is 8.65. The summed E-state index contributed by atoms with van der Waals surface area (Å²) >= 11 is 0. The van der Waals surface area contributed by atoms with Crippen LogP contribution in [-0.4, -0.2) is 66.6 Å². The Balaban J connectivity index is 1.40. The van der Waals surface area contributed by atoms with Gasteiger partial charge in [0.25, 0.3) is 0 Å². The molecule has 0 aromatic heterocycles. The lowest BCUT2D eigenvalue weighted by atomic mass is 9.86. The van der Waals surface area contributed by atoms with Gasteiger partial charge < -0.3 is 19.3 Å². The summed E-state index contributed by atoms with van der Waals surface area (Å²) in [6.45, 7) is 3.36. The Labute approximate surface area is 198 Å². The maximum atomic E-state index is 13.2. The average Bonchev–Trinajstić information content (AvgIpc) is 2.88. The molecule has 1 unspecified atom stereocenters. The van der Waals surface area contributed by atoms with Crippen molar-refractivity contribution in [1.82, 2.24) is 9.80 Å². The number of para-hydroxylation sites is 1. The molecule has 1 aliphatic carbocycles.